The van der Waals surface area contributed by atoms with E-state index in [0.29, 0.717) is 24.7 Å². The van der Waals surface area contributed by atoms with E-state index in [1.807, 2.05) is 26.0 Å². The summed E-state index contributed by atoms with van der Waals surface area (Å²) in [7, 11) is 0. The number of nitrogens with one attached hydrogen (secondary N) is 2. The number of benzene rings is 1. The van der Waals surface area contributed by atoms with E-state index < -0.39 is 0 Å². The monoisotopic (exact) mass is 264 g/mol. The number of carbonyl (C=O) groups excluding carboxylic acids is 1. The molecule has 0 bridgehead atoms. The molecule has 1 heterocycles. The molecule has 5 heteroatoms. The molecule has 1 amide bonds. The zero-order valence-electron chi connectivity index (χ0n) is 11.4. The Balaban J connectivity index is 2.07. The fraction of sp³-hybridized carbons (Fsp3) is 0.500. The average Bonchev–Trinajstić information content (AvgIpc) is 2.30. The van der Waals surface area contributed by atoms with Gasteiger partial charge in [0.2, 0.25) is 5.91 Å². The van der Waals surface area contributed by atoms with Crippen molar-refractivity contribution >= 4 is 11.6 Å². The SMILES string of the molecule is CCOc1ccc(NC(=O)C2CNC2)cc1OCC. The van der Waals surface area contributed by atoms with Crippen LogP contribution in [0.4, 0.5) is 5.69 Å². The molecular weight excluding hydrogens is 244 g/mol. The minimum Gasteiger partial charge on any atom is -0.490 e. The third kappa shape index (κ3) is 3.38. The minimum absolute atomic E-state index is 0.0466. The van der Waals surface area contributed by atoms with Gasteiger partial charge in [0.05, 0.1) is 19.1 Å². The van der Waals surface area contributed by atoms with Gasteiger partial charge >= 0.3 is 0 Å². The lowest BCUT2D eigenvalue weighted by Gasteiger charge is -2.25. The Bertz CT molecular complexity index is 444. The highest BCUT2D eigenvalue weighted by atomic mass is 16.5. The molecule has 104 valence electrons. The van der Waals surface area contributed by atoms with E-state index in [4.69, 9.17) is 9.47 Å². The van der Waals surface area contributed by atoms with Crippen molar-refractivity contribution in [1.82, 2.24) is 5.32 Å². The highest BCUT2D eigenvalue weighted by Crippen LogP contribution is 2.30. The molecule has 1 aromatic rings. The molecule has 19 heavy (non-hydrogen) atoms. The number of ether oxygens (including phenoxy) is 2. The third-order valence-electron chi connectivity index (χ3n) is 2.96. The van der Waals surface area contributed by atoms with Crippen LogP contribution in [0.25, 0.3) is 0 Å². The summed E-state index contributed by atoms with van der Waals surface area (Å²) in [6.45, 7) is 6.49. The Morgan fingerprint density at radius 2 is 1.95 bits per heavy atom. The van der Waals surface area contributed by atoms with Crippen LogP contribution in [0.2, 0.25) is 0 Å². The van der Waals surface area contributed by atoms with Crippen LogP contribution in [0, 0.1) is 5.92 Å². The molecule has 0 radical (unpaired) electrons. The second kappa shape index (κ2) is 6.43. The maximum atomic E-state index is 11.9. The standard InChI is InChI=1S/C14H20N2O3/c1-3-18-12-6-5-11(7-13(12)19-4-2)16-14(17)10-8-15-9-10/h5-7,10,15H,3-4,8-9H2,1-2H3,(H,16,17). The van der Waals surface area contributed by atoms with Crippen molar-refractivity contribution in [3.8, 4) is 11.5 Å². The van der Waals surface area contributed by atoms with Crippen LogP contribution in [0.3, 0.4) is 0 Å². The molecule has 2 N–H and O–H groups in total. The predicted octanol–water partition coefficient (Wildman–Crippen LogP) is 1.64. The van der Waals surface area contributed by atoms with Crippen molar-refractivity contribution in [1.29, 1.82) is 0 Å². The Morgan fingerprint density at radius 3 is 2.53 bits per heavy atom. The van der Waals surface area contributed by atoms with Gasteiger partial charge in [0.1, 0.15) is 0 Å². The van der Waals surface area contributed by atoms with Gasteiger partial charge in [-0.25, -0.2) is 0 Å². The summed E-state index contributed by atoms with van der Waals surface area (Å²) >= 11 is 0. The molecule has 1 aliphatic rings. The van der Waals surface area contributed by atoms with Gasteiger partial charge < -0.3 is 20.1 Å². The topological polar surface area (TPSA) is 59.6 Å². The third-order valence-corrected chi connectivity index (χ3v) is 2.96. The maximum absolute atomic E-state index is 11.9. The highest BCUT2D eigenvalue weighted by Gasteiger charge is 2.24. The van der Waals surface area contributed by atoms with Crippen molar-refractivity contribution in [3.05, 3.63) is 18.2 Å². The van der Waals surface area contributed by atoms with E-state index in [2.05, 4.69) is 10.6 Å². The fourth-order valence-electron chi connectivity index (χ4n) is 1.85. The summed E-state index contributed by atoms with van der Waals surface area (Å²) in [5.74, 6) is 1.48. The minimum atomic E-state index is 0.0466. The predicted molar refractivity (Wildman–Crippen MR) is 73.8 cm³/mol. The Labute approximate surface area is 113 Å². The molecule has 0 saturated carbocycles. The van der Waals surface area contributed by atoms with E-state index >= 15 is 0 Å². The summed E-state index contributed by atoms with van der Waals surface area (Å²) in [5, 5.41) is 5.98. The first-order valence-electron chi connectivity index (χ1n) is 6.65. The van der Waals surface area contributed by atoms with Crippen molar-refractivity contribution in [2.24, 2.45) is 5.92 Å². The van der Waals surface area contributed by atoms with Crippen molar-refractivity contribution in [3.63, 3.8) is 0 Å². The first-order chi connectivity index (χ1) is 9.24. The summed E-state index contributed by atoms with van der Waals surface area (Å²) in [6, 6.07) is 5.46. The van der Waals surface area contributed by atoms with Gasteiger partial charge in [0.25, 0.3) is 0 Å². The maximum Gasteiger partial charge on any atom is 0.230 e. The molecule has 5 nitrogen and oxygen atoms in total. The fourth-order valence-corrected chi connectivity index (χ4v) is 1.85. The zero-order valence-corrected chi connectivity index (χ0v) is 11.4. The number of amides is 1. The van der Waals surface area contributed by atoms with Crippen LogP contribution in [-0.4, -0.2) is 32.2 Å². The first-order valence-corrected chi connectivity index (χ1v) is 6.65. The van der Waals surface area contributed by atoms with Gasteiger partial charge in [0, 0.05) is 24.8 Å². The van der Waals surface area contributed by atoms with Crippen molar-refractivity contribution in [2.45, 2.75) is 13.8 Å². The molecule has 0 spiro atoms. The lowest BCUT2D eigenvalue weighted by atomic mass is 10.0. The number of hydrogen-bond donors (Lipinski definition) is 2. The smallest absolute Gasteiger partial charge is 0.230 e. The summed E-state index contributed by atoms with van der Waals surface area (Å²) < 4.78 is 11.0. The molecule has 0 aliphatic carbocycles. The Morgan fingerprint density at radius 1 is 1.26 bits per heavy atom. The van der Waals surface area contributed by atoms with E-state index in [9.17, 15) is 4.79 Å². The Kier molecular flexibility index (Phi) is 4.63. The van der Waals surface area contributed by atoms with E-state index in [1.165, 1.54) is 0 Å². The van der Waals surface area contributed by atoms with E-state index in [-0.39, 0.29) is 11.8 Å². The largest absolute Gasteiger partial charge is 0.490 e. The van der Waals surface area contributed by atoms with Crippen molar-refractivity contribution < 1.29 is 14.3 Å². The second-order valence-electron chi connectivity index (χ2n) is 4.37. The number of carbonyl (C=O) groups is 1. The lowest BCUT2D eigenvalue weighted by Crippen LogP contribution is -2.48. The molecule has 0 atom stereocenters. The molecule has 1 saturated heterocycles. The number of hydrogen-bond acceptors (Lipinski definition) is 4. The van der Waals surface area contributed by atoms with Gasteiger partial charge in [-0.3, -0.25) is 4.79 Å². The van der Waals surface area contributed by atoms with Crippen LogP contribution in [0.15, 0.2) is 18.2 Å². The quantitative estimate of drug-likeness (QED) is 0.820. The second-order valence-corrected chi connectivity index (χ2v) is 4.37. The summed E-state index contributed by atoms with van der Waals surface area (Å²) in [4.78, 5) is 11.9. The van der Waals surface area contributed by atoms with Gasteiger partial charge in [-0.1, -0.05) is 0 Å². The van der Waals surface area contributed by atoms with E-state index in [0.717, 1.165) is 18.8 Å². The van der Waals surface area contributed by atoms with Crippen molar-refractivity contribution in [2.75, 3.05) is 31.6 Å². The van der Waals surface area contributed by atoms with Crippen LogP contribution in [0.5, 0.6) is 11.5 Å². The first kappa shape index (κ1) is 13.7. The van der Waals surface area contributed by atoms with Crippen LogP contribution in [0.1, 0.15) is 13.8 Å². The normalized spacial score (nSPS) is 14.6. The van der Waals surface area contributed by atoms with Crippen LogP contribution < -0.4 is 20.1 Å². The molecule has 0 unspecified atom stereocenters. The van der Waals surface area contributed by atoms with Gasteiger partial charge in [-0.05, 0) is 26.0 Å². The Hall–Kier alpha value is -1.75. The van der Waals surface area contributed by atoms with E-state index in [1.54, 1.807) is 6.07 Å². The summed E-state index contributed by atoms with van der Waals surface area (Å²) in [5.41, 5.74) is 0.740. The average molecular weight is 264 g/mol. The molecule has 0 aromatic heterocycles. The zero-order chi connectivity index (χ0) is 13.7. The molecular formula is C14H20N2O3. The van der Waals surface area contributed by atoms with Gasteiger partial charge in [0.15, 0.2) is 11.5 Å². The van der Waals surface area contributed by atoms with Crippen LogP contribution >= 0.6 is 0 Å². The molecule has 1 fully saturated rings. The molecule has 1 aliphatic heterocycles. The molecule has 1 aromatic carbocycles. The lowest BCUT2D eigenvalue weighted by molar-refractivity contribution is -0.121. The number of rotatable bonds is 6. The van der Waals surface area contributed by atoms with Crippen LogP contribution in [-0.2, 0) is 4.79 Å². The highest BCUT2D eigenvalue weighted by molar-refractivity contribution is 5.93. The van der Waals surface area contributed by atoms with Gasteiger partial charge in [-0.2, -0.15) is 0 Å². The van der Waals surface area contributed by atoms with Gasteiger partial charge in [-0.15, -0.1) is 0 Å². The number of anilines is 1. The summed E-state index contributed by atoms with van der Waals surface area (Å²) in [6.07, 6.45) is 0. The molecule has 2 rings (SSSR count).